The second-order valence-corrected chi connectivity index (χ2v) is 18.0. The van der Waals surface area contributed by atoms with Crippen LogP contribution in [0.15, 0.2) is 235 Å². The summed E-state index contributed by atoms with van der Waals surface area (Å²) < 4.78 is 11.4. The van der Waals surface area contributed by atoms with E-state index in [1.807, 2.05) is 6.07 Å². The van der Waals surface area contributed by atoms with Gasteiger partial charge in [0.25, 0.3) is 0 Å². The number of fused-ring (bicyclic) bond motifs is 14. The van der Waals surface area contributed by atoms with Crippen LogP contribution < -0.4 is 0 Å². The van der Waals surface area contributed by atoms with Crippen molar-refractivity contribution in [2.24, 2.45) is 0 Å². The van der Waals surface area contributed by atoms with Crippen LogP contribution in [0.5, 0.6) is 0 Å². The van der Waals surface area contributed by atoms with Gasteiger partial charge in [0.1, 0.15) is 11.2 Å². The highest BCUT2D eigenvalue weighted by atomic mass is 16.3. The van der Waals surface area contributed by atoms with E-state index in [1.54, 1.807) is 0 Å². The lowest BCUT2D eigenvalue weighted by molar-refractivity contribution is 0.669. The van der Waals surface area contributed by atoms with Gasteiger partial charge in [0.2, 0.25) is 5.95 Å². The predicted octanol–water partition coefficient (Wildman–Crippen LogP) is 17.0. The molecule has 0 fully saturated rings. The number of nitrogens with zero attached hydrogens (tertiary/aromatic N) is 4. The Morgan fingerprint density at radius 3 is 1.87 bits per heavy atom. The van der Waals surface area contributed by atoms with Crippen LogP contribution in [0.1, 0.15) is 0 Å². The number of furan rings is 1. The first-order valence-corrected chi connectivity index (χ1v) is 23.5. The van der Waals surface area contributed by atoms with Gasteiger partial charge in [-0.15, -0.1) is 0 Å². The number of rotatable bonds is 5. The van der Waals surface area contributed by atoms with Crippen molar-refractivity contribution in [2.45, 2.75) is 0 Å². The van der Waals surface area contributed by atoms with E-state index in [0.29, 0.717) is 5.95 Å². The minimum absolute atomic E-state index is 0.640. The highest BCUT2D eigenvalue weighted by Gasteiger charge is 2.22. The van der Waals surface area contributed by atoms with E-state index in [0.717, 1.165) is 82.9 Å². The average molecular weight is 879 g/mol. The zero-order valence-electron chi connectivity index (χ0n) is 37.1. The maximum absolute atomic E-state index is 6.71. The minimum atomic E-state index is 0.640. The van der Waals surface area contributed by atoms with Crippen molar-refractivity contribution < 1.29 is 4.42 Å². The molecule has 0 aliphatic carbocycles. The van der Waals surface area contributed by atoms with Crippen molar-refractivity contribution in [3.05, 3.63) is 231 Å². The first-order valence-electron chi connectivity index (χ1n) is 23.5. The molecule has 0 amide bonds. The predicted molar refractivity (Wildman–Crippen MR) is 287 cm³/mol. The van der Waals surface area contributed by atoms with E-state index in [1.165, 1.54) is 54.3 Å². The number of aromatic nitrogens is 4. The Hall–Kier alpha value is -9.32. The van der Waals surface area contributed by atoms with E-state index < -0.39 is 0 Å². The minimum Gasteiger partial charge on any atom is -0.456 e. The average Bonchev–Trinajstić information content (AvgIpc) is 4.08. The van der Waals surface area contributed by atoms with E-state index in [-0.39, 0.29) is 0 Å². The summed E-state index contributed by atoms with van der Waals surface area (Å²) in [7, 11) is 0. The largest absolute Gasteiger partial charge is 0.456 e. The molecule has 0 spiro atoms. The second kappa shape index (κ2) is 14.6. The third-order valence-corrected chi connectivity index (χ3v) is 14.3. The fourth-order valence-corrected chi connectivity index (χ4v) is 11.3. The van der Waals surface area contributed by atoms with Gasteiger partial charge in [-0.3, -0.25) is 4.57 Å². The van der Waals surface area contributed by atoms with Gasteiger partial charge in [-0.1, -0.05) is 164 Å². The molecule has 5 nitrogen and oxygen atoms in total. The van der Waals surface area contributed by atoms with Crippen molar-refractivity contribution in [3.8, 4) is 45.1 Å². The standard InChI is InChI=1S/C64H38N4O/c1-3-17-40(18-4-1)62-49-25-11-13-27-54(49)65-64(66-62)68-56-33-31-41(36-52(56)60-44-21-8-7-16-39(44)30-34-57(60)68)45-26-15-29-59-61(45)53-37-42(32-35-58(53)69-59)50-38-51-47-23-12-14-28-55(47)67(43-19-5-2-6-20-43)63(51)48-24-10-9-22-46(48)50/h1-38H. The Morgan fingerprint density at radius 1 is 0.333 bits per heavy atom. The fourth-order valence-electron chi connectivity index (χ4n) is 11.3. The molecular formula is C64H38N4O. The van der Waals surface area contributed by atoms with Crippen LogP contribution in [0.4, 0.5) is 0 Å². The van der Waals surface area contributed by atoms with E-state index in [9.17, 15) is 0 Å². The Bertz CT molecular complexity index is 4600. The lowest BCUT2D eigenvalue weighted by Crippen LogP contribution is -2.03. The highest BCUT2D eigenvalue weighted by Crippen LogP contribution is 2.45. The van der Waals surface area contributed by atoms with Gasteiger partial charge in [0.05, 0.1) is 33.3 Å². The van der Waals surface area contributed by atoms with Gasteiger partial charge in [-0.2, -0.15) is 0 Å². The maximum Gasteiger partial charge on any atom is 0.235 e. The van der Waals surface area contributed by atoms with Crippen LogP contribution in [0, 0.1) is 0 Å². The quantitative estimate of drug-likeness (QED) is 0.173. The number of para-hydroxylation sites is 3. The maximum atomic E-state index is 6.71. The molecule has 4 aromatic heterocycles. The molecule has 0 aliphatic heterocycles. The summed E-state index contributed by atoms with van der Waals surface area (Å²) in [4.78, 5) is 10.6. The van der Waals surface area contributed by atoms with Crippen LogP contribution >= 0.6 is 0 Å². The molecule has 4 heterocycles. The number of hydrogen-bond donors (Lipinski definition) is 0. The first kappa shape index (κ1) is 37.9. The van der Waals surface area contributed by atoms with Crippen molar-refractivity contribution in [2.75, 3.05) is 0 Å². The second-order valence-electron chi connectivity index (χ2n) is 18.0. The Labute approximate surface area is 395 Å². The van der Waals surface area contributed by atoms with Crippen LogP contribution in [0.3, 0.4) is 0 Å². The molecule has 0 unspecified atom stereocenters. The molecule has 11 aromatic carbocycles. The molecule has 0 saturated carbocycles. The number of hydrogen-bond acceptors (Lipinski definition) is 3. The molecule has 15 aromatic rings. The molecule has 0 saturated heterocycles. The molecule has 15 rings (SSSR count). The summed E-state index contributed by atoms with van der Waals surface area (Å²) in [6.45, 7) is 0. The van der Waals surface area contributed by atoms with Crippen LogP contribution in [-0.2, 0) is 0 Å². The summed E-state index contributed by atoms with van der Waals surface area (Å²) in [6.07, 6.45) is 0. The fraction of sp³-hybridized carbons (Fsp3) is 0. The molecule has 0 aliphatic rings. The topological polar surface area (TPSA) is 48.8 Å². The zero-order chi connectivity index (χ0) is 45.2. The molecule has 320 valence electrons. The van der Waals surface area contributed by atoms with Gasteiger partial charge in [-0.25, -0.2) is 9.97 Å². The Kier molecular flexibility index (Phi) is 8.00. The molecule has 5 heteroatoms. The molecule has 69 heavy (non-hydrogen) atoms. The molecule has 0 radical (unpaired) electrons. The van der Waals surface area contributed by atoms with Crippen molar-refractivity contribution in [3.63, 3.8) is 0 Å². The molecule has 0 bridgehead atoms. The van der Waals surface area contributed by atoms with Gasteiger partial charge < -0.3 is 8.98 Å². The summed E-state index contributed by atoms with van der Waals surface area (Å²) in [5.41, 5.74) is 14.8. The van der Waals surface area contributed by atoms with Crippen LogP contribution in [-0.4, -0.2) is 19.1 Å². The van der Waals surface area contributed by atoms with Crippen molar-refractivity contribution in [1.82, 2.24) is 19.1 Å². The monoisotopic (exact) mass is 878 g/mol. The van der Waals surface area contributed by atoms with E-state index in [2.05, 4.69) is 234 Å². The van der Waals surface area contributed by atoms with Gasteiger partial charge in [0, 0.05) is 54.3 Å². The lowest BCUT2D eigenvalue weighted by atomic mass is 9.93. The first-order chi connectivity index (χ1) is 34.2. The molecule has 0 atom stereocenters. The SMILES string of the molecule is c1ccc(-c2nc(-n3c4ccc(-c5cccc6oc7ccc(-c8cc9c%10ccccc%10n(-c%10ccccc%10)c9c9ccccc89)cc7c56)cc4c4c5ccccc5ccc43)nc3ccccc23)cc1. The Balaban J connectivity index is 0.957. The van der Waals surface area contributed by atoms with Gasteiger partial charge in [-0.05, 0) is 105 Å². The molecular weight excluding hydrogens is 841 g/mol. The summed E-state index contributed by atoms with van der Waals surface area (Å²) >= 11 is 0. The normalized spacial score (nSPS) is 12.1. The zero-order valence-corrected chi connectivity index (χ0v) is 37.1. The third kappa shape index (κ3) is 5.59. The van der Waals surface area contributed by atoms with Gasteiger partial charge in [0.15, 0.2) is 0 Å². The Morgan fingerprint density at radius 2 is 1.00 bits per heavy atom. The van der Waals surface area contributed by atoms with Crippen molar-refractivity contribution >= 4 is 98.0 Å². The highest BCUT2D eigenvalue weighted by molar-refractivity contribution is 6.24. The lowest BCUT2D eigenvalue weighted by Gasteiger charge is -2.13. The van der Waals surface area contributed by atoms with E-state index in [4.69, 9.17) is 14.4 Å². The third-order valence-electron chi connectivity index (χ3n) is 14.3. The van der Waals surface area contributed by atoms with Gasteiger partial charge >= 0.3 is 0 Å². The summed E-state index contributed by atoms with van der Waals surface area (Å²) in [5, 5.41) is 12.8. The summed E-state index contributed by atoms with van der Waals surface area (Å²) in [5.74, 6) is 0.640. The van der Waals surface area contributed by atoms with Crippen LogP contribution in [0.25, 0.3) is 143 Å². The van der Waals surface area contributed by atoms with Crippen LogP contribution in [0.2, 0.25) is 0 Å². The molecule has 0 N–H and O–H groups in total. The summed E-state index contributed by atoms with van der Waals surface area (Å²) in [6, 6.07) is 82.6. The van der Waals surface area contributed by atoms with E-state index >= 15 is 0 Å². The smallest absolute Gasteiger partial charge is 0.235 e. The number of benzene rings is 11. The van der Waals surface area contributed by atoms with Crippen molar-refractivity contribution in [1.29, 1.82) is 0 Å².